The Labute approximate surface area is 151 Å². The summed E-state index contributed by atoms with van der Waals surface area (Å²) in [6, 6.07) is 18.6. The molecule has 1 heterocycles. The van der Waals surface area contributed by atoms with Crippen LogP contribution in [0, 0.1) is 19.7 Å². The van der Waals surface area contributed by atoms with Crippen LogP contribution in [0.5, 0.6) is 0 Å². The van der Waals surface area contributed by atoms with E-state index in [1.54, 1.807) is 0 Å². The zero-order valence-corrected chi connectivity index (χ0v) is 14.8. The Balaban J connectivity index is 1.93. The molecular formula is C22H20FN3. The monoisotopic (exact) mass is 345 g/mol. The standard InChI is InChI=1S/C22H20FN3/c1-14-10-20-21(11-15(14)2)26(13-16-6-8-18(23)9-7-16)22(25-20)17-4-3-5-19(24)12-17/h3-12H,13,24H2,1-2H3. The third-order valence-electron chi connectivity index (χ3n) is 4.76. The topological polar surface area (TPSA) is 43.8 Å². The molecule has 0 unspecified atom stereocenters. The second-order valence-corrected chi connectivity index (χ2v) is 6.70. The SMILES string of the molecule is Cc1cc2nc(-c3cccc(N)c3)n(Cc3ccc(F)cc3)c2cc1C. The maximum Gasteiger partial charge on any atom is 0.141 e. The molecule has 0 saturated carbocycles. The summed E-state index contributed by atoms with van der Waals surface area (Å²) in [5, 5.41) is 0. The molecule has 130 valence electrons. The smallest absolute Gasteiger partial charge is 0.141 e. The number of halogens is 1. The van der Waals surface area contributed by atoms with E-state index in [4.69, 9.17) is 10.7 Å². The molecule has 0 radical (unpaired) electrons. The van der Waals surface area contributed by atoms with Crippen molar-refractivity contribution < 1.29 is 4.39 Å². The lowest BCUT2D eigenvalue weighted by atomic mass is 10.1. The van der Waals surface area contributed by atoms with E-state index in [2.05, 4.69) is 30.5 Å². The van der Waals surface area contributed by atoms with Gasteiger partial charge in [0.1, 0.15) is 11.6 Å². The summed E-state index contributed by atoms with van der Waals surface area (Å²) in [7, 11) is 0. The molecule has 4 rings (SSSR count). The highest BCUT2D eigenvalue weighted by Crippen LogP contribution is 2.29. The van der Waals surface area contributed by atoms with E-state index in [0.29, 0.717) is 12.2 Å². The molecule has 3 aromatic carbocycles. The zero-order valence-electron chi connectivity index (χ0n) is 14.8. The number of imidazole rings is 1. The first-order chi connectivity index (χ1) is 12.5. The summed E-state index contributed by atoms with van der Waals surface area (Å²) in [5.41, 5.74) is 13.1. The van der Waals surface area contributed by atoms with Crippen molar-refractivity contribution in [3.05, 3.63) is 83.2 Å². The van der Waals surface area contributed by atoms with Gasteiger partial charge in [-0.05, 0) is 66.9 Å². The summed E-state index contributed by atoms with van der Waals surface area (Å²) >= 11 is 0. The van der Waals surface area contributed by atoms with Crippen LogP contribution in [0.15, 0.2) is 60.7 Å². The van der Waals surface area contributed by atoms with E-state index in [0.717, 1.165) is 28.0 Å². The van der Waals surface area contributed by atoms with Crippen LogP contribution < -0.4 is 5.73 Å². The number of nitrogens with zero attached hydrogens (tertiary/aromatic N) is 2. The lowest BCUT2D eigenvalue weighted by Gasteiger charge is -2.11. The number of anilines is 1. The fourth-order valence-corrected chi connectivity index (χ4v) is 3.21. The van der Waals surface area contributed by atoms with Crippen molar-refractivity contribution in [2.75, 3.05) is 5.73 Å². The third-order valence-corrected chi connectivity index (χ3v) is 4.76. The van der Waals surface area contributed by atoms with Crippen molar-refractivity contribution in [2.24, 2.45) is 0 Å². The summed E-state index contributed by atoms with van der Waals surface area (Å²) in [4.78, 5) is 4.87. The van der Waals surface area contributed by atoms with E-state index in [9.17, 15) is 4.39 Å². The van der Waals surface area contributed by atoms with Crippen molar-refractivity contribution in [2.45, 2.75) is 20.4 Å². The van der Waals surface area contributed by atoms with Gasteiger partial charge in [0.2, 0.25) is 0 Å². The van der Waals surface area contributed by atoms with Crippen LogP contribution in [-0.2, 0) is 6.54 Å². The Morgan fingerprint density at radius 1 is 0.962 bits per heavy atom. The van der Waals surface area contributed by atoms with E-state index in [1.807, 2.05) is 36.4 Å². The highest BCUT2D eigenvalue weighted by molar-refractivity contribution is 5.82. The number of hydrogen-bond donors (Lipinski definition) is 1. The number of benzene rings is 3. The molecule has 26 heavy (non-hydrogen) atoms. The minimum absolute atomic E-state index is 0.230. The molecule has 0 spiro atoms. The molecule has 0 saturated heterocycles. The fraction of sp³-hybridized carbons (Fsp3) is 0.136. The minimum atomic E-state index is -0.230. The van der Waals surface area contributed by atoms with Crippen molar-refractivity contribution in [3.8, 4) is 11.4 Å². The molecule has 2 N–H and O–H groups in total. The van der Waals surface area contributed by atoms with Crippen LogP contribution in [0.3, 0.4) is 0 Å². The predicted molar refractivity (Wildman–Crippen MR) is 105 cm³/mol. The summed E-state index contributed by atoms with van der Waals surface area (Å²) in [6.45, 7) is 4.81. The van der Waals surface area contributed by atoms with Gasteiger partial charge in [-0.15, -0.1) is 0 Å². The van der Waals surface area contributed by atoms with Crippen LogP contribution >= 0.6 is 0 Å². The molecule has 1 aromatic heterocycles. The van der Waals surface area contributed by atoms with Crippen molar-refractivity contribution in [1.82, 2.24) is 9.55 Å². The average Bonchev–Trinajstić information content (AvgIpc) is 2.95. The quantitative estimate of drug-likeness (QED) is 0.526. The van der Waals surface area contributed by atoms with E-state index < -0.39 is 0 Å². The van der Waals surface area contributed by atoms with Gasteiger partial charge in [0, 0.05) is 17.8 Å². The van der Waals surface area contributed by atoms with Gasteiger partial charge >= 0.3 is 0 Å². The molecule has 0 bridgehead atoms. The Kier molecular flexibility index (Phi) is 3.96. The minimum Gasteiger partial charge on any atom is -0.399 e. The fourth-order valence-electron chi connectivity index (χ4n) is 3.21. The summed E-state index contributed by atoms with van der Waals surface area (Å²) in [5.74, 6) is 0.633. The van der Waals surface area contributed by atoms with Gasteiger partial charge in [-0.2, -0.15) is 0 Å². The van der Waals surface area contributed by atoms with Gasteiger partial charge in [-0.3, -0.25) is 0 Å². The maximum atomic E-state index is 13.3. The molecule has 4 aromatic rings. The molecule has 0 aliphatic rings. The Morgan fingerprint density at radius 2 is 1.69 bits per heavy atom. The Morgan fingerprint density at radius 3 is 2.42 bits per heavy atom. The van der Waals surface area contributed by atoms with Crippen LogP contribution in [0.2, 0.25) is 0 Å². The average molecular weight is 345 g/mol. The highest BCUT2D eigenvalue weighted by atomic mass is 19.1. The maximum absolute atomic E-state index is 13.3. The zero-order chi connectivity index (χ0) is 18.3. The second kappa shape index (κ2) is 6.30. The lowest BCUT2D eigenvalue weighted by Crippen LogP contribution is -2.03. The summed E-state index contributed by atoms with van der Waals surface area (Å²) in [6.07, 6.45) is 0. The van der Waals surface area contributed by atoms with Gasteiger partial charge in [-0.25, -0.2) is 9.37 Å². The first-order valence-corrected chi connectivity index (χ1v) is 8.59. The van der Waals surface area contributed by atoms with Crippen LogP contribution in [0.25, 0.3) is 22.4 Å². The van der Waals surface area contributed by atoms with Crippen LogP contribution in [0.1, 0.15) is 16.7 Å². The van der Waals surface area contributed by atoms with E-state index >= 15 is 0 Å². The lowest BCUT2D eigenvalue weighted by molar-refractivity contribution is 0.626. The number of aryl methyl sites for hydroxylation is 2. The second-order valence-electron chi connectivity index (χ2n) is 6.70. The largest absolute Gasteiger partial charge is 0.399 e. The molecule has 4 heteroatoms. The van der Waals surface area contributed by atoms with Crippen LogP contribution in [0.4, 0.5) is 10.1 Å². The first kappa shape index (κ1) is 16.3. The molecule has 3 nitrogen and oxygen atoms in total. The third kappa shape index (κ3) is 2.94. The predicted octanol–water partition coefficient (Wildman–Crippen LogP) is 5.09. The van der Waals surface area contributed by atoms with Crippen molar-refractivity contribution >= 4 is 16.7 Å². The Hall–Kier alpha value is -3.14. The van der Waals surface area contributed by atoms with Gasteiger partial charge in [0.25, 0.3) is 0 Å². The number of hydrogen-bond acceptors (Lipinski definition) is 2. The van der Waals surface area contributed by atoms with Gasteiger partial charge in [0.05, 0.1) is 11.0 Å². The van der Waals surface area contributed by atoms with Crippen molar-refractivity contribution in [1.29, 1.82) is 0 Å². The molecule has 0 amide bonds. The Bertz CT molecular complexity index is 1090. The molecule has 0 atom stereocenters. The van der Waals surface area contributed by atoms with Gasteiger partial charge in [-0.1, -0.05) is 24.3 Å². The van der Waals surface area contributed by atoms with Gasteiger partial charge in [0.15, 0.2) is 0 Å². The van der Waals surface area contributed by atoms with E-state index in [-0.39, 0.29) is 5.82 Å². The number of nitrogens with two attached hydrogens (primary N) is 1. The molecular weight excluding hydrogens is 325 g/mol. The number of rotatable bonds is 3. The molecule has 0 aliphatic carbocycles. The number of aromatic nitrogens is 2. The number of nitrogen functional groups attached to an aromatic ring is 1. The number of fused-ring (bicyclic) bond motifs is 1. The molecule has 0 fully saturated rings. The van der Waals surface area contributed by atoms with Crippen molar-refractivity contribution in [3.63, 3.8) is 0 Å². The van der Waals surface area contributed by atoms with E-state index in [1.165, 1.54) is 23.3 Å². The van der Waals surface area contributed by atoms with Gasteiger partial charge < -0.3 is 10.3 Å². The normalized spacial score (nSPS) is 11.2. The first-order valence-electron chi connectivity index (χ1n) is 8.59. The highest BCUT2D eigenvalue weighted by Gasteiger charge is 2.14. The van der Waals surface area contributed by atoms with Crippen LogP contribution in [-0.4, -0.2) is 9.55 Å². The molecule has 0 aliphatic heterocycles. The summed E-state index contributed by atoms with van der Waals surface area (Å²) < 4.78 is 15.4.